The van der Waals surface area contributed by atoms with Gasteiger partial charge in [-0.15, -0.1) is 0 Å². The Morgan fingerprint density at radius 1 is 1.13 bits per heavy atom. The fourth-order valence-corrected chi connectivity index (χ4v) is 1.97. The van der Waals surface area contributed by atoms with E-state index in [2.05, 4.69) is 26.0 Å². The molecule has 0 heterocycles. The SMILES string of the molecule is CCC(CC)(OC)c1cccc(OC)c1. The minimum Gasteiger partial charge on any atom is -0.497 e. The summed E-state index contributed by atoms with van der Waals surface area (Å²) in [6.45, 7) is 4.29. The molecule has 84 valence electrons. The quantitative estimate of drug-likeness (QED) is 0.738. The van der Waals surface area contributed by atoms with E-state index in [4.69, 9.17) is 9.47 Å². The van der Waals surface area contributed by atoms with Crippen molar-refractivity contribution in [1.82, 2.24) is 0 Å². The zero-order valence-electron chi connectivity index (χ0n) is 10.0. The molecule has 0 radical (unpaired) electrons. The molecule has 0 aliphatic heterocycles. The molecule has 0 atom stereocenters. The van der Waals surface area contributed by atoms with Crippen LogP contribution in [0.4, 0.5) is 0 Å². The van der Waals surface area contributed by atoms with Gasteiger partial charge in [-0.3, -0.25) is 0 Å². The first-order valence-corrected chi connectivity index (χ1v) is 5.42. The molecule has 15 heavy (non-hydrogen) atoms. The van der Waals surface area contributed by atoms with Gasteiger partial charge in [0, 0.05) is 7.11 Å². The summed E-state index contributed by atoms with van der Waals surface area (Å²) in [6, 6.07) is 8.11. The Morgan fingerprint density at radius 3 is 2.27 bits per heavy atom. The highest BCUT2D eigenvalue weighted by Gasteiger charge is 2.27. The molecular weight excluding hydrogens is 188 g/mol. The molecule has 0 saturated carbocycles. The summed E-state index contributed by atoms with van der Waals surface area (Å²) in [5.74, 6) is 0.885. The standard InChI is InChI=1S/C13H20O2/c1-5-13(6-2,15-4)11-8-7-9-12(10-11)14-3/h7-10H,5-6H2,1-4H3. The predicted octanol–water partition coefficient (Wildman–Crippen LogP) is 3.36. The van der Waals surface area contributed by atoms with E-state index in [1.54, 1.807) is 14.2 Å². The molecule has 0 N–H and O–H groups in total. The van der Waals surface area contributed by atoms with Crippen molar-refractivity contribution in [3.8, 4) is 5.75 Å². The lowest BCUT2D eigenvalue weighted by molar-refractivity contribution is -0.0218. The largest absolute Gasteiger partial charge is 0.497 e. The normalized spacial score (nSPS) is 11.5. The minimum absolute atomic E-state index is 0.172. The number of hydrogen-bond donors (Lipinski definition) is 0. The molecule has 2 nitrogen and oxygen atoms in total. The van der Waals surface area contributed by atoms with Crippen molar-refractivity contribution < 1.29 is 9.47 Å². The van der Waals surface area contributed by atoms with Gasteiger partial charge in [-0.2, -0.15) is 0 Å². The Labute approximate surface area is 92.2 Å². The van der Waals surface area contributed by atoms with Gasteiger partial charge in [0.15, 0.2) is 0 Å². The van der Waals surface area contributed by atoms with Crippen molar-refractivity contribution in [2.24, 2.45) is 0 Å². The summed E-state index contributed by atoms with van der Waals surface area (Å²) >= 11 is 0. The topological polar surface area (TPSA) is 18.5 Å². The van der Waals surface area contributed by atoms with Gasteiger partial charge in [0.05, 0.1) is 12.7 Å². The third-order valence-corrected chi connectivity index (χ3v) is 3.13. The first-order valence-electron chi connectivity index (χ1n) is 5.42. The van der Waals surface area contributed by atoms with E-state index in [9.17, 15) is 0 Å². The van der Waals surface area contributed by atoms with Crippen LogP contribution in [0.5, 0.6) is 5.75 Å². The van der Waals surface area contributed by atoms with Gasteiger partial charge < -0.3 is 9.47 Å². The van der Waals surface area contributed by atoms with Gasteiger partial charge in [-0.1, -0.05) is 26.0 Å². The molecule has 0 bridgehead atoms. The van der Waals surface area contributed by atoms with E-state index in [1.807, 2.05) is 12.1 Å². The van der Waals surface area contributed by atoms with Crippen LogP contribution >= 0.6 is 0 Å². The molecule has 0 amide bonds. The number of benzene rings is 1. The molecular formula is C13H20O2. The van der Waals surface area contributed by atoms with E-state index < -0.39 is 0 Å². The lowest BCUT2D eigenvalue weighted by Gasteiger charge is -2.31. The lowest BCUT2D eigenvalue weighted by atomic mass is 9.88. The Kier molecular flexibility index (Phi) is 4.15. The molecule has 0 aliphatic carbocycles. The van der Waals surface area contributed by atoms with E-state index >= 15 is 0 Å². The fraction of sp³-hybridized carbons (Fsp3) is 0.538. The molecule has 1 aromatic carbocycles. The summed E-state index contributed by atoms with van der Waals surface area (Å²) < 4.78 is 10.9. The molecule has 0 unspecified atom stereocenters. The Morgan fingerprint density at radius 2 is 1.80 bits per heavy atom. The Bertz CT molecular complexity index is 295. The van der Waals surface area contributed by atoms with Gasteiger partial charge in [-0.25, -0.2) is 0 Å². The Hall–Kier alpha value is -1.02. The van der Waals surface area contributed by atoms with Crippen molar-refractivity contribution >= 4 is 0 Å². The molecule has 1 aromatic rings. The highest BCUT2D eigenvalue weighted by atomic mass is 16.5. The van der Waals surface area contributed by atoms with E-state index in [1.165, 1.54) is 5.56 Å². The van der Waals surface area contributed by atoms with Crippen LogP contribution in [0.1, 0.15) is 32.3 Å². The van der Waals surface area contributed by atoms with Crippen LogP contribution < -0.4 is 4.74 Å². The number of rotatable bonds is 5. The van der Waals surface area contributed by atoms with Crippen LogP contribution in [0.25, 0.3) is 0 Å². The summed E-state index contributed by atoms with van der Waals surface area (Å²) in [5.41, 5.74) is 1.02. The van der Waals surface area contributed by atoms with Crippen LogP contribution in [0.15, 0.2) is 24.3 Å². The zero-order chi connectivity index (χ0) is 11.3. The summed E-state index contributed by atoms with van der Waals surface area (Å²) in [7, 11) is 3.46. The van der Waals surface area contributed by atoms with E-state index in [0.29, 0.717) is 0 Å². The number of methoxy groups -OCH3 is 2. The monoisotopic (exact) mass is 208 g/mol. The summed E-state index contributed by atoms with van der Waals surface area (Å²) in [5, 5.41) is 0. The zero-order valence-corrected chi connectivity index (χ0v) is 10.0. The van der Waals surface area contributed by atoms with Crippen LogP contribution in [0, 0.1) is 0 Å². The first-order chi connectivity index (χ1) is 7.22. The predicted molar refractivity (Wildman–Crippen MR) is 62.3 cm³/mol. The fourth-order valence-electron chi connectivity index (χ4n) is 1.97. The maximum absolute atomic E-state index is 5.67. The van der Waals surface area contributed by atoms with Crippen molar-refractivity contribution in [2.45, 2.75) is 32.3 Å². The van der Waals surface area contributed by atoms with Gasteiger partial charge in [0.2, 0.25) is 0 Å². The number of ether oxygens (including phenoxy) is 2. The van der Waals surface area contributed by atoms with Crippen LogP contribution in [-0.2, 0) is 10.3 Å². The molecule has 0 aliphatic rings. The van der Waals surface area contributed by atoms with Crippen molar-refractivity contribution in [2.75, 3.05) is 14.2 Å². The van der Waals surface area contributed by atoms with Crippen LogP contribution in [-0.4, -0.2) is 14.2 Å². The lowest BCUT2D eigenvalue weighted by Crippen LogP contribution is -2.26. The Balaban J connectivity index is 3.10. The maximum atomic E-state index is 5.67. The molecule has 0 spiro atoms. The van der Waals surface area contributed by atoms with Gasteiger partial charge in [0.1, 0.15) is 5.75 Å². The van der Waals surface area contributed by atoms with E-state index in [0.717, 1.165) is 18.6 Å². The average molecular weight is 208 g/mol. The molecule has 0 fully saturated rings. The van der Waals surface area contributed by atoms with Crippen molar-refractivity contribution in [1.29, 1.82) is 0 Å². The summed E-state index contributed by atoms with van der Waals surface area (Å²) in [4.78, 5) is 0. The van der Waals surface area contributed by atoms with Crippen LogP contribution in [0.2, 0.25) is 0 Å². The van der Waals surface area contributed by atoms with Gasteiger partial charge >= 0.3 is 0 Å². The third kappa shape index (κ3) is 2.32. The third-order valence-electron chi connectivity index (χ3n) is 3.13. The maximum Gasteiger partial charge on any atom is 0.119 e. The van der Waals surface area contributed by atoms with Gasteiger partial charge in [0.25, 0.3) is 0 Å². The molecule has 1 rings (SSSR count). The molecule has 0 aromatic heterocycles. The molecule has 0 saturated heterocycles. The van der Waals surface area contributed by atoms with Gasteiger partial charge in [-0.05, 0) is 30.5 Å². The first kappa shape index (κ1) is 12.1. The number of hydrogen-bond acceptors (Lipinski definition) is 2. The van der Waals surface area contributed by atoms with Crippen molar-refractivity contribution in [3.63, 3.8) is 0 Å². The second-order valence-electron chi connectivity index (χ2n) is 3.64. The highest BCUT2D eigenvalue weighted by Crippen LogP contribution is 2.33. The second kappa shape index (κ2) is 5.17. The van der Waals surface area contributed by atoms with Crippen molar-refractivity contribution in [3.05, 3.63) is 29.8 Å². The highest BCUT2D eigenvalue weighted by molar-refractivity contribution is 5.32. The second-order valence-corrected chi connectivity index (χ2v) is 3.64. The smallest absolute Gasteiger partial charge is 0.119 e. The summed E-state index contributed by atoms with van der Waals surface area (Å²) in [6.07, 6.45) is 1.93. The molecule has 2 heteroatoms. The average Bonchev–Trinajstić information content (AvgIpc) is 2.32. The minimum atomic E-state index is -0.172. The van der Waals surface area contributed by atoms with E-state index in [-0.39, 0.29) is 5.60 Å². The van der Waals surface area contributed by atoms with Crippen LogP contribution in [0.3, 0.4) is 0 Å².